The molecule has 1 rings (SSSR count). The van der Waals surface area contributed by atoms with Crippen LogP contribution in [0, 0.1) is 0 Å². The third-order valence-electron chi connectivity index (χ3n) is 1.35. The lowest BCUT2D eigenvalue weighted by Crippen LogP contribution is -1.99. The van der Waals surface area contributed by atoms with Crippen LogP contribution < -0.4 is 10.5 Å². The van der Waals surface area contributed by atoms with Crippen LogP contribution in [0.25, 0.3) is 6.08 Å². The van der Waals surface area contributed by atoms with Crippen molar-refractivity contribution in [1.29, 1.82) is 0 Å². The number of nitrogens with two attached hydrogens (primary N) is 1. The van der Waals surface area contributed by atoms with Crippen LogP contribution in [-0.4, -0.2) is 23.4 Å². The topological polar surface area (TPSA) is 78.1 Å². The Labute approximate surface area is 75.3 Å². The molecule has 13 heavy (non-hydrogen) atoms. The molecule has 0 aliphatic rings. The van der Waals surface area contributed by atoms with E-state index in [-0.39, 0.29) is 5.82 Å². The number of methoxy groups -OCH3 is 1. The van der Waals surface area contributed by atoms with Crippen LogP contribution in [0.15, 0.2) is 12.3 Å². The molecular formula is C8H9N3O2. The largest absolute Gasteiger partial charge is 0.480 e. The van der Waals surface area contributed by atoms with E-state index in [0.717, 1.165) is 0 Å². The van der Waals surface area contributed by atoms with E-state index >= 15 is 0 Å². The number of rotatable bonds is 3. The molecule has 0 unspecified atom stereocenters. The van der Waals surface area contributed by atoms with Crippen LogP contribution in [0.2, 0.25) is 0 Å². The molecule has 5 nitrogen and oxygen atoms in total. The van der Waals surface area contributed by atoms with E-state index in [1.165, 1.54) is 25.5 Å². The first-order valence-corrected chi connectivity index (χ1v) is 3.56. The fourth-order valence-electron chi connectivity index (χ4n) is 0.753. The Kier molecular flexibility index (Phi) is 2.97. The standard InChI is InChI=1S/C8H9N3O2/c1-13-7-5-10-6(3-2-4-12)8(9)11-7/h2-5H,1H3,(H2,9,11)/b3-2+. The predicted octanol–water partition coefficient (Wildman–Crippen LogP) is 0.279. The third kappa shape index (κ3) is 2.26. The van der Waals surface area contributed by atoms with E-state index in [1.54, 1.807) is 0 Å². The van der Waals surface area contributed by atoms with Crippen molar-refractivity contribution in [1.82, 2.24) is 9.97 Å². The van der Waals surface area contributed by atoms with Crippen molar-refractivity contribution in [2.45, 2.75) is 0 Å². The number of nitrogen functional groups attached to an aromatic ring is 1. The summed E-state index contributed by atoms with van der Waals surface area (Å²) in [4.78, 5) is 17.8. The summed E-state index contributed by atoms with van der Waals surface area (Å²) in [7, 11) is 1.48. The average molecular weight is 179 g/mol. The zero-order chi connectivity index (χ0) is 9.68. The maximum absolute atomic E-state index is 10.0. The molecule has 0 fully saturated rings. The van der Waals surface area contributed by atoms with Gasteiger partial charge in [-0.2, -0.15) is 4.98 Å². The van der Waals surface area contributed by atoms with Crippen molar-refractivity contribution >= 4 is 18.2 Å². The van der Waals surface area contributed by atoms with Gasteiger partial charge in [-0.15, -0.1) is 0 Å². The Balaban J connectivity index is 2.98. The number of aromatic nitrogens is 2. The maximum atomic E-state index is 10.0. The SMILES string of the molecule is COc1cnc(/C=C/C=O)c(N)n1. The zero-order valence-corrected chi connectivity index (χ0v) is 7.10. The monoisotopic (exact) mass is 179 g/mol. The Morgan fingerprint density at radius 3 is 2.92 bits per heavy atom. The van der Waals surface area contributed by atoms with Crippen molar-refractivity contribution in [2.75, 3.05) is 12.8 Å². The molecule has 1 aromatic heterocycles. The van der Waals surface area contributed by atoms with Crippen molar-refractivity contribution in [2.24, 2.45) is 0 Å². The molecule has 1 aromatic rings. The third-order valence-corrected chi connectivity index (χ3v) is 1.35. The molecule has 0 amide bonds. The summed E-state index contributed by atoms with van der Waals surface area (Å²) in [5, 5.41) is 0. The van der Waals surface area contributed by atoms with Crippen molar-refractivity contribution in [3.63, 3.8) is 0 Å². The summed E-state index contributed by atoms with van der Waals surface area (Å²) in [5.41, 5.74) is 5.97. The fourth-order valence-corrected chi connectivity index (χ4v) is 0.753. The van der Waals surface area contributed by atoms with Crippen LogP contribution in [-0.2, 0) is 4.79 Å². The molecule has 0 atom stereocenters. The lowest BCUT2D eigenvalue weighted by Gasteiger charge is -2.00. The molecule has 0 aliphatic carbocycles. The number of allylic oxidation sites excluding steroid dienone is 1. The van der Waals surface area contributed by atoms with E-state index in [9.17, 15) is 4.79 Å². The van der Waals surface area contributed by atoms with Gasteiger partial charge in [-0.3, -0.25) is 4.79 Å². The number of hydrogen-bond donors (Lipinski definition) is 1. The normalized spacial score (nSPS) is 10.2. The molecule has 68 valence electrons. The maximum Gasteiger partial charge on any atom is 0.234 e. The Hall–Kier alpha value is -1.91. The molecule has 2 N–H and O–H groups in total. The minimum absolute atomic E-state index is 0.234. The van der Waals surface area contributed by atoms with E-state index < -0.39 is 0 Å². The summed E-state index contributed by atoms with van der Waals surface area (Å²) in [6.45, 7) is 0. The lowest BCUT2D eigenvalue weighted by molar-refractivity contribution is -0.104. The van der Waals surface area contributed by atoms with Gasteiger partial charge >= 0.3 is 0 Å². The highest BCUT2D eigenvalue weighted by molar-refractivity contribution is 5.75. The quantitative estimate of drug-likeness (QED) is 0.532. The van der Waals surface area contributed by atoms with Crippen LogP contribution >= 0.6 is 0 Å². The number of carbonyl (C=O) groups is 1. The average Bonchev–Trinajstić information content (AvgIpc) is 2.16. The molecular weight excluding hydrogens is 170 g/mol. The molecule has 1 heterocycles. The Morgan fingerprint density at radius 1 is 1.62 bits per heavy atom. The fraction of sp³-hybridized carbons (Fsp3) is 0.125. The number of ether oxygens (including phenoxy) is 1. The van der Waals surface area contributed by atoms with Crippen molar-refractivity contribution in [3.8, 4) is 5.88 Å². The first kappa shape index (κ1) is 9.18. The number of anilines is 1. The van der Waals surface area contributed by atoms with Crippen LogP contribution in [0.4, 0.5) is 5.82 Å². The van der Waals surface area contributed by atoms with Crippen LogP contribution in [0.3, 0.4) is 0 Å². The Bertz CT molecular complexity index is 336. The molecule has 0 aromatic carbocycles. The van der Waals surface area contributed by atoms with Gasteiger partial charge in [0.15, 0.2) is 5.82 Å². The number of carbonyl (C=O) groups excluding carboxylic acids is 1. The van der Waals surface area contributed by atoms with E-state index in [4.69, 9.17) is 10.5 Å². The van der Waals surface area contributed by atoms with Gasteiger partial charge in [0.25, 0.3) is 0 Å². The van der Waals surface area contributed by atoms with Gasteiger partial charge in [0.1, 0.15) is 12.0 Å². The second-order valence-electron chi connectivity index (χ2n) is 2.18. The summed E-state index contributed by atoms with van der Waals surface area (Å²) < 4.78 is 4.81. The Morgan fingerprint density at radius 2 is 2.38 bits per heavy atom. The highest BCUT2D eigenvalue weighted by atomic mass is 16.5. The summed E-state index contributed by atoms with van der Waals surface area (Å²) in [6.07, 6.45) is 4.85. The second-order valence-corrected chi connectivity index (χ2v) is 2.18. The summed E-state index contributed by atoms with van der Waals surface area (Å²) in [6, 6.07) is 0. The number of nitrogens with zero attached hydrogens (tertiary/aromatic N) is 2. The van der Waals surface area contributed by atoms with E-state index in [1.807, 2.05) is 0 Å². The second kappa shape index (κ2) is 4.20. The van der Waals surface area contributed by atoms with Gasteiger partial charge in [-0.25, -0.2) is 4.98 Å². The molecule has 0 radical (unpaired) electrons. The first-order chi connectivity index (χ1) is 6.27. The minimum atomic E-state index is 0.234. The number of aldehydes is 1. The van der Waals surface area contributed by atoms with Gasteiger partial charge in [-0.1, -0.05) is 0 Å². The number of hydrogen-bond acceptors (Lipinski definition) is 5. The highest BCUT2D eigenvalue weighted by Crippen LogP contribution is 2.11. The van der Waals surface area contributed by atoms with Gasteiger partial charge in [-0.05, 0) is 12.2 Å². The summed E-state index contributed by atoms with van der Waals surface area (Å²) >= 11 is 0. The van der Waals surface area contributed by atoms with Crippen molar-refractivity contribution in [3.05, 3.63) is 18.0 Å². The predicted molar refractivity (Wildman–Crippen MR) is 48.1 cm³/mol. The first-order valence-electron chi connectivity index (χ1n) is 3.56. The van der Waals surface area contributed by atoms with Crippen LogP contribution in [0.5, 0.6) is 5.88 Å². The molecule has 0 saturated heterocycles. The smallest absolute Gasteiger partial charge is 0.234 e. The molecule has 5 heteroatoms. The molecule has 0 spiro atoms. The highest BCUT2D eigenvalue weighted by Gasteiger charge is 2.00. The summed E-state index contributed by atoms with van der Waals surface area (Å²) in [5.74, 6) is 0.582. The molecule has 0 bridgehead atoms. The lowest BCUT2D eigenvalue weighted by atomic mass is 10.3. The van der Waals surface area contributed by atoms with Gasteiger partial charge < -0.3 is 10.5 Å². The van der Waals surface area contributed by atoms with Crippen molar-refractivity contribution < 1.29 is 9.53 Å². The molecule has 0 aliphatic heterocycles. The van der Waals surface area contributed by atoms with E-state index in [0.29, 0.717) is 17.9 Å². The van der Waals surface area contributed by atoms with Crippen LogP contribution in [0.1, 0.15) is 5.69 Å². The van der Waals surface area contributed by atoms with Gasteiger partial charge in [0.05, 0.1) is 13.3 Å². The zero-order valence-electron chi connectivity index (χ0n) is 7.10. The van der Waals surface area contributed by atoms with E-state index in [2.05, 4.69) is 9.97 Å². The molecule has 0 saturated carbocycles. The van der Waals surface area contributed by atoms with Gasteiger partial charge in [0, 0.05) is 0 Å². The minimum Gasteiger partial charge on any atom is -0.480 e. The van der Waals surface area contributed by atoms with Gasteiger partial charge in [0.2, 0.25) is 5.88 Å².